The number of carbonyl (C=O) groups is 2. The molecular weight excluding hydrogens is 349 g/mol. The van der Waals surface area contributed by atoms with Crippen molar-refractivity contribution in [1.29, 1.82) is 0 Å². The first-order chi connectivity index (χ1) is 12.2. The summed E-state index contributed by atoms with van der Waals surface area (Å²) >= 11 is 0. The molecule has 3 fully saturated rings. The van der Waals surface area contributed by atoms with Gasteiger partial charge in [0.2, 0.25) is 5.91 Å². The minimum Gasteiger partial charge on any atom is -0.449 e. The molecule has 2 aliphatic heterocycles. The number of ether oxygens (including phenoxy) is 1. The molecule has 0 N–H and O–H groups in total. The fourth-order valence-electron chi connectivity index (χ4n) is 4.55. The molecule has 1 aliphatic carbocycles. The van der Waals surface area contributed by atoms with Crippen LogP contribution in [0.1, 0.15) is 51.9 Å². The van der Waals surface area contributed by atoms with E-state index in [4.69, 9.17) is 4.74 Å². The molecule has 0 unspecified atom stereocenters. The Balaban J connectivity index is 1.55. The minimum atomic E-state index is -4.49. The van der Waals surface area contributed by atoms with E-state index in [1.165, 1.54) is 4.90 Å². The van der Waals surface area contributed by atoms with Gasteiger partial charge in [-0.05, 0) is 25.7 Å². The molecule has 8 heteroatoms. The first-order valence-corrected chi connectivity index (χ1v) is 9.51. The van der Waals surface area contributed by atoms with Crippen molar-refractivity contribution >= 4 is 12.0 Å². The lowest BCUT2D eigenvalue weighted by Crippen LogP contribution is -2.64. The van der Waals surface area contributed by atoms with Gasteiger partial charge in [0.1, 0.15) is 5.41 Å². The lowest BCUT2D eigenvalue weighted by molar-refractivity contribution is -0.230. The maximum absolute atomic E-state index is 13.6. The number of halogens is 3. The number of likely N-dealkylation sites (tertiary alicyclic amines) is 2. The van der Waals surface area contributed by atoms with Gasteiger partial charge in [0, 0.05) is 31.6 Å². The summed E-state index contributed by atoms with van der Waals surface area (Å²) in [4.78, 5) is 27.6. The number of carbonyl (C=O) groups excluding carboxylic acids is 2. The van der Waals surface area contributed by atoms with Gasteiger partial charge in [-0.3, -0.25) is 4.79 Å². The van der Waals surface area contributed by atoms with E-state index in [0.717, 1.165) is 12.8 Å². The molecule has 2 saturated heterocycles. The molecule has 3 rings (SSSR count). The molecule has 1 spiro atoms. The highest BCUT2D eigenvalue weighted by Crippen LogP contribution is 2.53. The normalized spacial score (nSPS) is 24.0. The predicted octanol–water partition coefficient (Wildman–Crippen LogP) is 3.58. The summed E-state index contributed by atoms with van der Waals surface area (Å²) < 4.78 is 45.9. The van der Waals surface area contributed by atoms with Crippen molar-refractivity contribution < 1.29 is 27.5 Å². The second-order valence-electron chi connectivity index (χ2n) is 8.09. The molecule has 5 nitrogen and oxygen atoms in total. The summed E-state index contributed by atoms with van der Waals surface area (Å²) in [6, 6.07) is 0. The average Bonchev–Trinajstić information content (AvgIpc) is 3.20. The number of unbranched alkanes of at least 4 members (excludes halogenated alkanes) is 1. The Kier molecular flexibility index (Phi) is 5.14. The summed E-state index contributed by atoms with van der Waals surface area (Å²) in [6.45, 7) is 4.01. The first kappa shape index (κ1) is 19.3. The van der Waals surface area contributed by atoms with Crippen LogP contribution in [0.25, 0.3) is 0 Å². The zero-order chi connectivity index (χ0) is 19.0. The minimum absolute atomic E-state index is 0.102. The maximum atomic E-state index is 13.6. The Labute approximate surface area is 151 Å². The summed E-state index contributed by atoms with van der Waals surface area (Å²) in [6.07, 6.45) is -1.70. The van der Waals surface area contributed by atoms with Gasteiger partial charge < -0.3 is 14.5 Å². The van der Waals surface area contributed by atoms with Crippen molar-refractivity contribution in [1.82, 2.24) is 9.80 Å². The Bertz CT molecular complexity index is 552. The van der Waals surface area contributed by atoms with Crippen LogP contribution in [0.2, 0.25) is 0 Å². The highest BCUT2D eigenvalue weighted by Gasteiger charge is 2.64. The third-order valence-electron chi connectivity index (χ3n) is 6.17. The molecule has 0 aromatic carbocycles. The maximum Gasteiger partial charge on any atom is 0.409 e. The molecule has 0 aromatic heterocycles. The van der Waals surface area contributed by atoms with E-state index in [-0.39, 0.29) is 24.3 Å². The average molecular weight is 376 g/mol. The SMILES string of the molecule is CCCCOC(=O)N1CCC2(C1)CN(C(=O)C1(C(F)(F)F)CCCC1)C2. The summed E-state index contributed by atoms with van der Waals surface area (Å²) in [5.41, 5.74) is -2.45. The second kappa shape index (κ2) is 6.93. The highest BCUT2D eigenvalue weighted by atomic mass is 19.4. The smallest absolute Gasteiger partial charge is 0.409 e. The van der Waals surface area contributed by atoms with Crippen LogP contribution >= 0.6 is 0 Å². The van der Waals surface area contributed by atoms with Crippen molar-refractivity contribution in [3.63, 3.8) is 0 Å². The number of hydrogen-bond acceptors (Lipinski definition) is 3. The zero-order valence-corrected chi connectivity index (χ0v) is 15.2. The van der Waals surface area contributed by atoms with Gasteiger partial charge in [-0.25, -0.2) is 4.79 Å². The van der Waals surface area contributed by atoms with Crippen molar-refractivity contribution in [2.45, 2.75) is 58.0 Å². The molecule has 0 radical (unpaired) electrons. The van der Waals surface area contributed by atoms with Crippen LogP contribution in [-0.2, 0) is 9.53 Å². The van der Waals surface area contributed by atoms with Gasteiger partial charge in [-0.1, -0.05) is 26.2 Å². The van der Waals surface area contributed by atoms with Gasteiger partial charge in [0.05, 0.1) is 6.61 Å². The van der Waals surface area contributed by atoms with Crippen molar-refractivity contribution in [3.05, 3.63) is 0 Å². The van der Waals surface area contributed by atoms with Gasteiger partial charge >= 0.3 is 12.3 Å². The second-order valence-corrected chi connectivity index (χ2v) is 8.09. The Morgan fingerprint density at radius 2 is 1.65 bits per heavy atom. The molecule has 2 amide bonds. The summed E-state index contributed by atoms with van der Waals surface area (Å²) in [5, 5.41) is 0. The van der Waals surface area contributed by atoms with Crippen molar-refractivity contribution in [3.8, 4) is 0 Å². The summed E-state index contributed by atoms with van der Waals surface area (Å²) in [5.74, 6) is -0.767. The molecule has 0 aromatic rings. The quantitative estimate of drug-likeness (QED) is 0.705. The molecule has 0 atom stereocenters. The van der Waals surface area contributed by atoms with Crippen LogP contribution in [0.4, 0.5) is 18.0 Å². The van der Waals surface area contributed by atoms with E-state index in [9.17, 15) is 22.8 Å². The topological polar surface area (TPSA) is 49.9 Å². The van der Waals surface area contributed by atoms with E-state index in [0.29, 0.717) is 52.0 Å². The summed E-state index contributed by atoms with van der Waals surface area (Å²) in [7, 11) is 0. The fraction of sp³-hybridized carbons (Fsp3) is 0.889. The lowest BCUT2D eigenvalue weighted by Gasteiger charge is -2.50. The van der Waals surface area contributed by atoms with Gasteiger partial charge in [-0.2, -0.15) is 13.2 Å². The number of rotatable bonds is 4. The number of amides is 2. The fourth-order valence-corrected chi connectivity index (χ4v) is 4.55. The number of alkyl halides is 3. The van der Waals surface area contributed by atoms with Gasteiger partial charge in [-0.15, -0.1) is 0 Å². The molecule has 1 saturated carbocycles. The molecule has 2 heterocycles. The van der Waals surface area contributed by atoms with E-state index in [2.05, 4.69) is 0 Å². The van der Waals surface area contributed by atoms with Gasteiger partial charge in [0.25, 0.3) is 0 Å². The zero-order valence-electron chi connectivity index (χ0n) is 15.2. The molecule has 0 bridgehead atoms. The monoisotopic (exact) mass is 376 g/mol. The van der Waals surface area contributed by atoms with Gasteiger partial charge in [0.15, 0.2) is 0 Å². The van der Waals surface area contributed by atoms with Crippen molar-refractivity contribution in [2.24, 2.45) is 10.8 Å². The molecule has 148 valence electrons. The van der Waals surface area contributed by atoms with Crippen LogP contribution in [0.3, 0.4) is 0 Å². The van der Waals surface area contributed by atoms with Crippen LogP contribution in [0.15, 0.2) is 0 Å². The third-order valence-corrected chi connectivity index (χ3v) is 6.17. The van der Waals surface area contributed by atoms with E-state index in [1.54, 1.807) is 4.90 Å². The van der Waals surface area contributed by atoms with Crippen LogP contribution in [0.5, 0.6) is 0 Å². The third kappa shape index (κ3) is 3.27. The van der Waals surface area contributed by atoms with E-state index in [1.807, 2.05) is 6.92 Å². The lowest BCUT2D eigenvalue weighted by atomic mass is 9.75. The first-order valence-electron chi connectivity index (χ1n) is 9.51. The molecule has 3 aliphatic rings. The largest absolute Gasteiger partial charge is 0.449 e. The number of hydrogen-bond donors (Lipinski definition) is 0. The van der Waals surface area contributed by atoms with E-state index >= 15 is 0 Å². The Hall–Kier alpha value is -1.47. The van der Waals surface area contributed by atoms with Crippen LogP contribution < -0.4 is 0 Å². The van der Waals surface area contributed by atoms with Crippen LogP contribution in [-0.4, -0.2) is 60.8 Å². The highest BCUT2D eigenvalue weighted by molar-refractivity contribution is 5.85. The molecule has 26 heavy (non-hydrogen) atoms. The number of nitrogens with zero attached hydrogens (tertiary/aromatic N) is 2. The Morgan fingerprint density at radius 3 is 2.23 bits per heavy atom. The van der Waals surface area contributed by atoms with Crippen molar-refractivity contribution in [2.75, 3.05) is 32.8 Å². The predicted molar refractivity (Wildman–Crippen MR) is 88.4 cm³/mol. The molecular formula is C18H27F3N2O3. The van der Waals surface area contributed by atoms with Crippen LogP contribution in [0, 0.1) is 10.8 Å². The Morgan fingerprint density at radius 1 is 1.04 bits per heavy atom. The van der Waals surface area contributed by atoms with E-state index < -0.39 is 17.5 Å². The standard InChI is InChI=1S/C18H27F3N2O3/c1-2-3-10-26-15(25)22-9-8-16(11-22)12-23(13-16)14(24)17(18(19,20)21)6-4-5-7-17/h2-13H2,1H3.